The summed E-state index contributed by atoms with van der Waals surface area (Å²) >= 11 is 0. The van der Waals surface area contributed by atoms with E-state index in [0.717, 1.165) is 12.1 Å². The van der Waals surface area contributed by atoms with Crippen LogP contribution in [0.15, 0.2) is 36.4 Å². The first kappa shape index (κ1) is 15.6. The van der Waals surface area contributed by atoms with Crippen molar-refractivity contribution in [3.05, 3.63) is 46.5 Å². The fraction of sp³-hybridized carbons (Fsp3) is 0.0714. The van der Waals surface area contributed by atoms with Gasteiger partial charge in [0.25, 0.3) is 5.69 Å². The van der Waals surface area contributed by atoms with Gasteiger partial charge in [0, 0.05) is 17.8 Å². The van der Waals surface area contributed by atoms with Crippen molar-refractivity contribution in [3.8, 4) is 23.0 Å². The molecular weight excluding hydrogens is 333 g/mol. The highest BCUT2D eigenvalue weighted by Gasteiger charge is 2.38. The van der Waals surface area contributed by atoms with Gasteiger partial charge in [0.2, 0.25) is 0 Å². The molecule has 1 N–H and O–H groups in total. The zero-order chi connectivity index (χ0) is 17.5. The average molecular weight is 340 g/mol. The Morgan fingerprint density at radius 2 is 1.58 bits per heavy atom. The molecule has 0 radical (unpaired) electrons. The number of non-ortho nitro benzene ring substituents is 1. The third kappa shape index (κ3) is 2.93. The van der Waals surface area contributed by atoms with Crippen LogP contribution in [-0.4, -0.2) is 17.0 Å². The monoisotopic (exact) mass is 340 g/mol. The van der Waals surface area contributed by atoms with Crippen LogP contribution in [0, 0.1) is 10.1 Å². The minimum absolute atomic E-state index is 0.0166. The van der Waals surface area contributed by atoms with Gasteiger partial charge in [0.05, 0.1) is 11.0 Å². The maximum Gasteiger partial charge on any atom is 0.471 e. The number of fused-ring (bicyclic) bond motifs is 2. The Balaban J connectivity index is 1.88. The van der Waals surface area contributed by atoms with E-state index in [2.05, 4.69) is 0 Å². The summed E-state index contributed by atoms with van der Waals surface area (Å²) in [5.74, 6) is -1.66. The number of hydrogen-bond acceptors (Lipinski definition) is 5. The van der Waals surface area contributed by atoms with Crippen LogP contribution in [0.1, 0.15) is 0 Å². The van der Waals surface area contributed by atoms with E-state index in [1.54, 1.807) is 5.32 Å². The molecule has 0 spiro atoms. The van der Waals surface area contributed by atoms with E-state index in [1.807, 2.05) is 0 Å². The molecule has 0 aromatic heterocycles. The number of nitro benzene ring substituents is 1. The number of rotatable bonds is 2. The summed E-state index contributed by atoms with van der Waals surface area (Å²) in [5, 5.41) is 12.4. The van der Waals surface area contributed by atoms with Crippen LogP contribution >= 0.6 is 0 Å². The second kappa shape index (κ2) is 5.41. The molecule has 10 heteroatoms. The van der Waals surface area contributed by atoms with Gasteiger partial charge in [-0.3, -0.25) is 14.9 Å². The molecule has 0 unspecified atom stereocenters. The number of nitro groups is 1. The highest BCUT2D eigenvalue weighted by atomic mass is 19.4. The predicted octanol–water partition coefficient (Wildman–Crippen LogP) is 3.99. The Hall–Kier alpha value is -3.30. The maximum absolute atomic E-state index is 12.3. The molecule has 0 fully saturated rings. The van der Waals surface area contributed by atoms with Gasteiger partial charge in [0.15, 0.2) is 23.0 Å². The molecular formula is C14H7F3N2O5. The summed E-state index contributed by atoms with van der Waals surface area (Å²) < 4.78 is 47.6. The van der Waals surface area contributed by atoms with Gasteiger partial charge in [-0.25, -0.2) is 0 Å². The number of amides is 1. The van der Waals surface area contributed by atoms with E-state index in [0.29, 0.717) is 0 Å². The van der Waals surface area contributed by atoms with Crippen LogP contribution in [0.5, 0.6) is 23.0 Å². The van der Waals surface area contributed by atoms with E-state index in [9.17, 15) is 28.1 Å². The lowest BCUT2D eigenvalue weighted by molar-refractivity contribution is -0.384. The number of ether oxygens (including phenoxy) is 2. The van der Waals surface area contributed by atoms with Gasteiger partial charge in [-0.15, -0.1) is 0 Å². The molecule has 0 bridgehead atoms. The molecule has 0 aliphatic carbocycles. The van der Waals surface area contributed by atoms with Crippen molar-refractivity contribution in [3.63, 3.8) is 0 Å². The van der Waals surface area contributed by atoms with E-state index < -0.39 is 17.0 Å². The smallest absolute Gasteiger partial charge is 0.450 e. The van der Waals surface area contributed by atoms with Crippen molar-refractivity contribution in [2.45, 2.75) is 6.18 Å². The minimum Gasteiger partial charge on any atom is -0.450 e. The number of carbonyl (C=O) groups is 1. The highest BCUT2D eigenvalue weighted by molar-refractivity contribution is 5.95. The van der Waals surface area contributed by atoms with Gasteiger partial charge in [-0.05, 0) is 18.2 Å². The zero-order valence-electron chi connectivity index (χ0n) is 11.6. The standard InChI is InChI=1S/C14H7F3N2O5/c15-14(16,17)13(20)18-7-1-3-9-11(5-7)24-12-6-8(19(21)22)2-4-10(12)23-9/h1-6H,(H,18,20). The Bertz CT molecular complexity index is 851. The Morgan fingerprint density at radius 1 is 1.00 bits per heavy atom. The van der Waals surface area contributed by atoms with Crippen molar-refractivity contribution in [2.24, 2.45) is 0 Å². The lowest BCUT2D eigenvalue weighted by Crippen LogP contribution is -2.29. The quantitative estimate of drug-likeness (QED) is 0.562. The molecule has 1 aliphatic rings. The van der Waals surface area contributed by atoms with E-state index in [1.165, 1.54) is 24.3 Å². The number of halogens is 3. The SMILES string of the molecule is O=C(Nc1ccc2c(c1)Oc1cc([N+](=O)[O-])ccc1O2)C(F)(F)F. The molecule has 2 aromatic rings. The molecule has 3 rings (SSSR count). The van der Waals surface area contributed by atoms with Gasteiger partial charge >= 0.3 is 12.1 Å². The normalized spacial score (nSPS) is 12.3. The highest BCUT2D eigenvalue weighted by Crippen LogP contribution is 2.47. The van der Waals surface area contributed by atoms with Crippen molar-refractivity contribution >= 4 is 17.3 Å². The summed E-state index contributed by atoms with van der Waals surface area (Å²) in [4.78, 5) is 21.1. The largest absolute Gasteiger partial charge is 0.471 e. The third-order valence-corrected chi connectivity index (χ3v) is 3.04. The number of nitrogens with one attached hydrogen (secondary N) is 1. The third-order valence-electron chi connectivity index (χ3n) is 3.04. The lowest BCUT2D eigenvalue weighted by Gasteiger charge is -2.21. The van der Waals surface area contributed by atoms with Crippen LogP contribution in [0.2, 0.25) is 0 Å². The fourth-order valence-electron chi connectivity index (χ4n) is 1.96. The van der Waals surface area contributed by atoms with Crippen molar-refractivity contribution < 1.29 is 32.4 Å². The van der Waals surface area contributed by atoms with Gasteiger partial charge in [-0.1, -0.05) is 0 Å². The fourth-order valence-corrected chi connectivity index (χ4v) is 1.96. The molecule has 1 amide bonds. The van der Waals surface area contributed by atoms with Crippen LogP contribution in [0.25, 0.3) is 0 Å². The summed E-state index contributed by atoms with van der Waals surface area (Å²) in [6.45, 7) is 0. The summed E-state index contributed by atoms with van der Waals surface area (Å²) in [5.41, 5.74) is -0.393. The second-order valence-corrected chi connectivity index (χ2v) is 4.71. The zero-order valence-corrected chi connectivity index (χ0v) is 11.6. The predicted molar refractivity (Wildman–Crippen MR) is 74.4 cm³/mol. The molecule has 1 heterocycles. The van der Waals surface area contributed by atoms with Crippen molar-refractivity contribution in [1.82, 2.24) is 0 Å². The van der Waals surface area contributed by atoms with Crippen LogP contribution in [0.4, 0.5) is 24.5 Å². The van der Waals surface area contributed by atoms with E-state index in [-0.39, 0.29) is 34.4 Å². The van der Waals surface area contributed by atoms with Crippen molar-refractivity contribution in [1.29, 1.82) is 0 Å². The molecule has 7 nitrogen and oxygen atoms in total. The Labute approximate surface area is 131 Å². The average Bonchev–Trinajstić information content (AvgIpc) is 2.51. The van der Waals surface area contributed by atoms with Crippen LogP contribution in [-0.2, 0) is 4.79 Å². The lowest BCUT2D eigenvalue weighted by atomic mass is 10.2. The van der Waals surface area contributed by atoms with Crippen LogP contribution in [0.3, 0.4) is 0 Å². The molecule has 1 aliphatic heterocycles. The first-order valence-corrected chi connectivity index (χ1v) is 6.40. The second-order valence-electron chi connectivity index (χ2n) is 4.71. The maximum atomic E-state index is 12.3. The Morgan fingerprint density at radius 3 is 2.21 bits per heavy atom. The minimum atomic E-state index is -5.03. The number of alkyl halides is 3. The molecule has 24 heavy (non-hydrogen) atoms. The number of nitrogens with zero attached hydrogens (tertiary/aromatic N) is 1. The number of anilines is 1. The Kier molecular flexibility index (Phi) is 3.51. The summed E-state index contributed by atoms with van der Waals surface area (Å²) in [6.07, 6.45) is -5.03. The van der Waals surface area contributed by atoms with E-state index >= 15 is 0 Å². The van der Waals surface area contributed by atoms with Crippen molar-refractivity contribution in [2.75, 3.05) is 5.32 Å². The van der Waals surface area contributed by atoms with E-state index in [4.69, 9.17) is 9.47 Å². The first-order chi connectivity index (χ1) is 11.2. The molecule has 0 saturated carbocycles. The van der Waals surface area contributed by atoms with Crippen LogP contribution < -0.4 is 14.8 Å². The van der Waals surface area contributed by atoms with Gasteiger partial charge in [0.1, 0.15) is 0 Å². The number of hydrogen-bond donors (Lipinski definition) is 1. The molecule has 0 saturated heterocycles. The molecule has 0 atom stereocenters. The van der Waals surface area contributed by atoms with Gasteiger partial charge in [-0.2, -0.15) is 13.2 Å². The van der Waals surface area contributed by atoms with Gasteiger partial charge < -0.3 is 14.8 Å². The molecule has 2 aromatic carbocycles. The number of carbonyl (C=O) groups excluding carboxylic acids is 1. The topological polar surface area (TPSA) is 90.7 Å². The summed E-state index contributed by atoms with van der Waals surface area (Å²) in [7, 11) is 0. The number of benzene rings is 2. The first-order valence-electron chi connectivity index (χ1n) is 6.40. The molecule has 124 valence electrons. The summed E-state index contributed by atoms with van der Waals surface area (Å²) in [6, 6.07) is 7.34.